The van der Waals surface area contributed by atoms with E-state index in [0.29, 0.717) is 35.8 Å². The van der Waals surface area contributed by atoms with E-state index in [1.807, 2.05) is 104 Å². The molecule has 4 aromatic carbocycles. The fourth-order valence-electron chi connectivity index (χ4n) is 5.31. The predicted molar refractivity (Wildman–Crippen MR) is 155 cm³/mol. The van der Waals surface area contributed by atoms with Gasteiger partial charge in [0.15, 0.2) is 0 Å². The zero-order valence-corrected chi connectivity index (χ0v) is 22.1. The highest BCUT2D eigenvalue weighted by Crippen LogP contribution is 2.41. The standard InChI is InChI=1S/C34H28N2O4/c1-2-39-30-18-17-24-12-6-7-15-27(24)31(30)33(37)36-21-29(28-16-9-19-35-32(28)36)25-13-8-14-26(20-25)34(38)40-22-23-10-4-3-5-11-23/h3-20,29H,2,21-22H2,1H3. The number of benzene rings is 4. The molecule has 1 atom stereocenters. The van der Waals surface area contributed by atoms with E-state index in [9.17, 15) is 9.59 Å². The Morgan fingerprint density at radius 1 is 0.900 bits per heavy atom. The van der Waals surface area contributed by atoms with Gasteiger partial charge in [-0.05, 0) is 53.1 Å². The SMILES string of the molecule is CCOc1ccc2ccccc2c1C(=O)N1CC(c2cccc(C(=O)OCc3ccccc3)c2)c2cccnc21. The lowest BCUT2D eigenvalue weighted by atomic mass is 9.93. The summed E-state index contributed by atoms with van der Waals surface area (Å²) in [6.45, 7) is 2.95. The molecule has 2 heterocycles. The number of hydrogen-bond acceptors (Lipinski definition) is 5. The van der Waals surface area contributed by atoms with Crippen molar-refractivity contribution in [2.45, 2.75) is 19.4 Å². The second kappa shape index (κ2) is 11.0. The number of amides is 1. The van der Waals surface area contributed by atoms with Gasteiger partial charge in [-0.2, -0.15) is 0 Å². The highest BCUT2D eigenvalue weighted by atomic mass is 16.5. The minimum absolute atomic E-state index is 0.153. The van der Waals surface area contributed by atoms with Crippen LogP contribution in [0, 0.1) is 0 Å². The van der Waals surface area contributed by atoms with Crippen molar-refractivity contribution in [2.24, 2.45) is 0 Å². The van der Waals surface area contributed by atoms with Gasteiger partial charge in [-0.3, -0.25) is 9.69 Å². The normalized spacial score (nSPS) is 14.1. The lowest BCUT2D eigenvalue weighted by Crippen LogP contribution is -2.31. The highest BCUT2D eigenvalue weighted by Gasteiger charge is 2.36. The molecule has 0 N–H and O–H groups in total. The van der Waals surface area contributed by atoms with Gasteiger partial charge < -0.3 is 9.47 Å². The summed E-state index contributed by atoms with van der Waals surface area (Å²) in [5.41, 5.74) is 3.77. The van der Waals surface area contributed by atoms with Crippen LogP contribution < -0.4 is 9.64 Å². The van der Waals surface area contributed by atoms with Crippen LogP contribution in [-0.4, -0.2) is 30.0 Å². The molecule has 1 unspecified atom stereocenters. The van der Waals surface area contributed by atoms with Crippen LogP contribution in [0.4, 0.5) is 5.82 Å². The molecule has 0 aliphatic carbocycles. The molecule has 1 aliphatic rings. The molecule has 40 heavy (non-hydrogen) atoms. The van der Waals surface area contributed by atoms with Gasteiger partial charge in [0.05, 0.1) is 17.7 Å². The van der Waals surface area contributed by atoms with Crippen molar-refractivity contribution in [1.29, 1.82) is 0 Å². The zero-order valence-electron chi connectivity index (χ0n) is 22.1. The molecule has 0 bridgehead atoms. The first-order chi connectivity index (χ1) is 19.6. The summed E-state index contributed by atoms with van der Waals surface area (Å²) in [5, 5.41) is 1.80. The molecule has 0 saturated carbocycles. The quantitative estimate of drug-likeness (QED) is 0.218. The second-order valence-corrected chi connectivity index (χ2v) is 9.66. The molecule has 198 valence electrons. The molecular weight excluding hydrogens is 500 g/mol. The van der Waals surface area contributed by atoms with Crippen LogP contribution in [0.2, 0.25) is 0 Å². The summed E-state index contributed by atoms with van der Waals surface area (Å²) in [5.74, 6) is 0.460. The number of nitrogens with zero attached hydrogens (tertiary/aromatic N) is 2. The Morgan fingerprint density at radius 2 is 1.73 bits per heavy atom. The average molecular weight is 529 g/mol. The van der Waals surface area contributed by atoms with Gasteiger partial charge in [-0.15, -0.1) is 0 Å². The topological polar surface area (TPSA) is 68.7 Å². The van der Waals surface area contributed by atoms with Gasteiger partial charge in [0.25, 0.3) is 5.91 Å². The third kappa shape index (κ3) is 4.80. The number of pyridine rings is 1. The Bertz CT molecular complexity index is 1700. The smallest absolute Gasteiger partial charge is 0.338 e. The number of aromatic nitrogens is 1. The maximum Gasteiger partial charge on any atom is 0.338 e. The van der Waals surface area contributed by atoms with E-state index >= 15 is 0 Å². The van der Waals surface area contributed by atoms with Crippen molar-refractivity contribution in [3.63, 3.8) is 0 Å². The lowest BCUT2D eigenvalue weighted by Gasteiger charge is -2.20. The van der Waals surface area contributed by atoms with Crippen LogP contribution in [0.3, 0.4) is 0 Å². The minimum atomic E-state index is -0.389. The van der Waals surface area contributed by atoms with E-state index in [1.54, 1.807) is 17.2 Å². The molecule has 0 radical (unpaired) electrons. The number of anilines is 1. The zero-order chi connectivity index (χ0) is 27.5. The van der Waals surface area contributed by atoms with Crippen LogP contribution in [0.1, 0.15) is 50.2 Å². The molecule has 0 spiro atoms. The first-order valence-corrected chi connectivity index (χ1v) is 13.4. The van der Waals surface area contributed by atoms with E-state index in [2.05, 4.69) is 4.98 Å². The van der Waals surface area contributed by atoms with E-state index < -0.39 is 0 Å². The molecule has 6 nitrogen and oxygen atoms in total. The van der Waals surface area contributed by atoms with Crippen LogP contribution in [-0.2, 0) is 11.3 Å². The minimum Gasteiger partial charge on any atom is -0.493 e. The predicted octanol–water partition coefficient (Wildman–Crippen LogP) is 6.78. The lowest BCUT2D eigenvalue weighted by molar-refractivity contribution is 0.0472. The fourth-order valence-corrected chi connectivity index (χ4v) is 5.31. The molecule has 0 saturated heterocycles. The maximum atomic E-state index is 14.2. The summed E-state index contributed by atoms with van der Waals surface area (Å²) < 4.78 is 11.5. The Hall–Kier alpha value is -4.97. The van der Waals surface area contributed by atoms with Crippen molar-refractivity contribution in [1.82, 2.24) is 4.98 Å². The Kier molecular flexibility index (Phi) is 6.98. The van der Waals surface area contributed by atoms with E-state index in [0.717, 1.165) is 27.5 Å². The van der Waals surface area contributed by atoms with Crippen LogP contribution >= 0.6 is 0 Å². The van der Waals surface area contributed by atoms with Crippen molar-refractivity contribution in [3.8, 4) is 5.75 Å². The first kappa shape index (κ1) is 25.3. The van der Waals surface area contributed by atoms with Crippen molar-refractivity contribution in [2.75, 3.05) is 18.1 Å². The largest absolute Gasteiger partial charge is 0.493 e. The van der Waals surface area contributed by atoms with Crippen molar-refractivity contribution < 1.29 is 19.1 Å². The van der Waals surface area contributed by atoms with Gasteiger partial charge in [-0.25, -0.2) is 9.78 Å². The summed E-state index contributed by atoms with van der Waals surface area (Å²) >= 11 is 0. The molecule has 5 aromatic rings. The number of ether oxygens (including phenoxy) is 2. The first-order valence-electron chi connectivity index (χ1n) is 13.4. The Morgan fingerprint density at radius 3 is 2.58 bits per heavy atom. The summed E-state index contributed by atoms with van der Waals surface area (Å²) in [4.78, 5) is 33.5. The average Bonchev–Trinajstić information content (AvgIpc) is 3.40. The summed E-state index contributed by atoms with van der Waals surface area (Å²) in [6.07, 6.45) is 1.70. The van der Waals surface area contributed by atoms with Crippen molar-refractivity contribution >= 4 is 28.5 Å². The number of rotatable bonds is 7. The number of carbonyl (C=O) groups is 2. The summed E-state index contributed by atoms with van der Waals surface area (Å²) in [6, 6.07) is 32.6. The second-order valence-electron chi connectivity index (χ2n) is 9.66. The van der Waals surface area contributed by atoms with Gasteiger partial charge in [0.1, 0.15) is 18.2 Å². The van der Waals surface area contributed by atoms with E-state index in [4.69, 9.17) is 9.47 Å². The van der Waals surface area contributed by atoms with E-state index in [-0.39, 0.29) is 24.4 Å². The molecule has 1 aliphatic heterocycles. The highest BCUT2D eigenvalue weighted by molar-refractivity contribution is 6.16. The van der Waals surface area contributed by atoms with Gasteiger partial charge >= 0.3 is 5.97 Å². The summed E-state index contributed by atoms with van der Waals surface area (Å²) in [7, 11) is 0. The van der Waals surface area contributed by atoms with Crippen molar-refractivity contribution in [3.05, 3.63) is 137 Å². The molecule has 0 fully saturated rings. The van der Waals surface area contributed by atoms with Gasteiger partial charge in [0, 0.05) is 24.2 Å². The van der Waals surface area contributed by atoms with Gasteiger partial charge in [-0.1, -0.05) is 78.9 Å². The molecular formula is C34H28N2O4. The van der Waals surface area contributed by atoms with Crippen LogP contribution in [0.5, 0.6) is 5.75 Å². The molecule has 6 rings (SSSR count). The number of carbonyl (C=O) groups excluding carboxylic acids is 2. The number of esters is 1. The molecule has 1 amide bonds. The Labute approximate surface area is 232 Å². The third-order valence-corrected chi connectivity index (χ3v) is 7.20. The molecule has 6 heteroatoms. The monoisotopic (exact) mass is 528 g/mol. The Balaban J connectivity index is 1.32. The van der Waals surface area contributed by atoms with Crippen LogP contribution in [0.15, 0.2) is 109 Å². The van der Waals surface area contributed by atoms with Crippen LogP contribution in [0.25, 0.3) is 10.8 Å². The van der Waals surface area contributed by atoms with Gasteiger partial charge in [0.2, 0.25) is 0 Å². The molecule has 1 aromatic heterocycles. The maximum absolute atomic E-state index is 14.2. The number of fused-ring (bicyclic) bond motifs is 2. The third-order valence-electron chi connectivity index (χ3n) is 7.20. The fraction of sp³-hybridized carbons (Fsp3) is 0.147. The van der Waals surface area contributed by atoms with E-state index in [1.165, 1.54) is 0 Å². The number of hydrogen-bond donors (Lipinski definition) is 0.